The zero-order valence-corrected chi connectivity index (χ0v) is 26.8. The number of hydrogen-bond acceptors (Lipinski definition) is 4. The fourth-order valence-electron chi connectivity index (χ4n) is 3.92. The summed E-state index contributed by atoms with van der Waals surface area (Å²) in [5, 5.41) is 3.93. The van der Waals surface area contributed by atoms with Crippen molar-refractivity contribution in [2.75, 3.05) is 17.4 Å². The third-order valence-electron chi connectivity index (χ3n) is 6.23. The van der Waals surface area contributed by atoms with Gasteiger partial charge in [-0.15, -0.1) is 0 Å². The summed E-state index contributed by atoms with van der Waals surface area (Å²) in [5.74, 6) is -0.852. The van der Waals surface area contributed by atoms with E-state index in [-0.39, 0.29) is 33.1 Å². The molecule has 220 valence electrons. The lowest BCUT2D eigenvalue weighted by Gasteiger charge is -2.32. The Balaban J connectivity index is 2.07. The Morgan fingerprint density at radius 1 is 0.854 bits per heavy atom. The third kappa shape index (κ3) is 8.75. The van der Waals surface area contributed by atoms with Crippen LogP contribution in [0.15, 0.2) is 65.6 Å². The van der Waals surface area contributed by atoms with E-state index in [1.165, 1.54) is 41.3 Å². The van der Waals surface area contributed by atoms with Gasteiger partial charge in [0.25, 0.3) is 10.0 Å². The number of carbonyl (C=O) groups is 2. The maximum absolute atomic E-state index is 14.0. The molecular formula is C29H31Cl4N3O4S. The molecule has 7 nitrogen and oxygen atoms in total. The van der Waals surface area contributed by atoms with Crippen LogP contribution in [-0.4, -0.2) is 44.3 Å². The van der Waals surface area contributed by atoms with Crippen molar-refractivity contribution in [2.45, 2.75) is 45.2 Å². The van der Waals surface area contributed by atoms with Crippen LogP contribution in [0.25, 0.3) is 0 Å². The zero-order valence-electron chi connectivity index (χ0n) is 23.0. The minimum atomic E-state index is -4.26. The Kier molecular flexibility index (Phi) is 11.4. The number of hydrogen-bond donors (Lipinski definition) is 1. The van der Waals surface area contributed by atoms with Crippen molar-refractivity contribution in [1.82, 2.24) is 10.2 Å². The number of amides is 2. The predicted molar refractivity (Wildman–Crippen MR) is 166 cm³/mol. The smallest absolute Gasteiger partial charge is 0.264 e. The molecule has 0 saturated carbocycles. The van der Waals surface area contributed by atoms with E-state index in [1.807, 2.05) is 20.8 Å². The van der Waals surface area contributed by atoms with Crippen LogP contribution in [0, 0.1) is 12.8 Å². The SMILES string of the molecule is Cc1ccc(S(=O)(=O)N(CC(=O)N(Cc2ccc(Cl)cc2Cl)[C@@H](C)C(=O)NCC(C)C)c2cc(Cl)cc(Cl)c2)cc1. The number of aryl methyl sites for hydroxylation is 1. The molecule has 0 spiro atoms. The quantitative estimate of drug-likeness (QED) is 0.241. The summed E-state index contributed by atoms with van der Waals surface area (Å²) >= 11 is 24.9. The van der Waals surface area contributed by atoms with Gasteiger partial charge in [-0.1, -0.05) is 84.0 Å². The van der Waals surface area contributed by atoms with Gasteiger partial charge in [0.1, 0.15) is 12.6 Å². The number of benzene rings is 3. The number of halogens is 4. The molecule has 0 unspecified atom stereocenters. The van der Waals surface area contributed by atoms with E-state index >= 15 is 0 Å². The Morgan fingerprint density at radius 3 is 2.02 bits per heavy atom. The molecule has 3 aromatic rings. The number of rotatable bonds is 11. The lowest BCUT2D eigenvalue weighted by atomic mass is 10.1. The number of nitrogens with zero attached hydrogens (tertiary/aromatic N) is 2. The molecule has 0 heterocycles. The van der Waals surface area contributed by atoms with Crippen molar-refractivity contribution in [3.63, 3.8) is 0 Å². The van der Waals surface area contributed by atoms with Gasteiger partial charge in [0.15, 0.2) is 0 Å². The largest absolute Gasteiger partial charge is 0.354 e. The van der Waals surface area contributed by atoms with Crippen molar-refractivity contribution >= 4 is 73.9 Å². The lowest BCUT2D eigenvalue weighted by molar-refractivity contribution is -0.139. The molecule has 0 saturated heterocycles. The first-order valence-corrected chi connectivity index (χ1v) is 15.7. The molecule has 41 heavy (non-hydrogen) atoms. The molecular weight excluding hydrogens is 628 g/mol. The van der Waals surface area contributed by atoms with Crippen LogP contribution >= 0.6 is 46.4 Å². The molecule has 0 radical (unpaired) electrons. The summed E-state index contributed by atoms with van der Waals surface area (Å²) < 4.78 is 28.8. The standard InChI is InChI=1S/C29H31Cl4N3O4S/c1-18(2)15-34-29(38)20(4)35(16-21-7-8-22(30)14-27(21)33)28(37)17-36(25-12-23(31)11-24(32)13-25)41(39,40)26-9-5-19(3)6-10-26/h5-14,18,20H,15-17H2,1-4H3,(H,34,38)/t20-/m0/s1. The van der Waals surface area contributed by atoms with Crippen LogP contribution in [0.1, 0.15) is 31.9 Å². The van der Waals surface area contributed by atoms with Crippen LogP contribution in [0.5, 0.6) is 0 Å². The van der Waals surface area contributed by atoms with Crippen LogP contribution in [0.2, 0.25) is 20.1 Å². The van der Waals surface area contributed by atoms with Crippen molar-refractivity contribution in [3.8, 4) is 0 Å². The molecule has 0 aliphatic carbocycles. The second-order valence-electron chi connectivity index (χ2n) is 10.0. The van der Waals surface area contributed by atoms with Gasteiger partial charge in [-0.05, 0) is 67.8 Å². The highest BCUT2D eigenvalue weighted by Crippen LogP contribution is 2.31. The first-order chi connectivity index (χ1) is 19.2. The number of nitrogens with one attached hydrogen (secondary N) is 1. The van der Waals surface area contributed by atoms with Crippen LogP contribution in [-0.2, 0) is 26.2 Å². The van der Waals surface area contributed by atoms with Crippen LogP contribution in [0.3, 0.4) is 0 Å². The first-order valence-electron chi connectivity index (χ1n) is 12.8. The average Bonchev–Trinajstić information content (AvgIpc) is 2.89. The third-order valence-corrected chi connectivity index (χ3v) is 9.04. The molecule has 0 fully saturated rings. The Labute approximate surface area is 261 Å². The number of anilines is 1. The Morgan fingerprint density at radius 2 is 1.46 bits per heavy atom. The molecule has 3 aromatic carbocycles. The normalized spacial score (nSPS) is 12.2. The summed E-state index contributed by atoms with van der Waals surface area (Å²) in [6.07, 6.45) is 0. The maximum atomic E-state index is 14.0. The van der Waals surface area contributed by atoms with Crippen molar-refractivity contribution < 1.29 is 18.0 Å². The molecule has 3 rings (SSSR count). The maximum Gasteiger partial charge on any atom is 0.264 e. The molecule has 1 atom stereocenters. The van der Waals surface area contributed by atoms with Gasteiger partial charge in [0, 0.05) is 33.2 Å². The van der Waals surface area contributed by atoms with E-state index in [0.29, 0.717) is 22.2 Å². The van der Waals surface area contributed by atoms with Crippen molar-refractivity contribution in [2.24, 2.45) is 5.92 Å². The second-order valence-corrected chi connectivity index (χ2v) is 13.6. The Bertz CT molecular complexity index is 1490. The summed E-state index contributed by atoms with van der Waals surface area (Å²) in [5.41, 5.74) is 1.49. The molecule has 0 aromatic heterocycles. The van der Waals surface area contributed by atoms with Crippen molar-refractivity contribution in [3.05, 3.63) is 91.9 Å². The molecule has 1 N–H and O–H groups in total. The zero-order chi connectivity index (χ0) is 30.5. The highest BCUT2D eigenvalue weighted by atomic mass is 35.5. The van der Waals surface area contributed by atoms with Crippen molar-refractivity contribution in [1.29, 1.82) is 0 Å². The summed E-state index contributed by atoms with van der Waals surface area (Å²) in [4.78, 5) is 28.4. The molecule has 0 bridgehead atoms. The van der Waals surface area contributed by atoms with Crippen LogP contribution in [0.4, 0.5) is 5.69 Å². The molecule has 0 aliphatic rings. The Hall–Kier alpha value is -2.49. The minimum Gasteiger partial charge on any atom is -0.354 e. The number of carbonyl (C=O) groups excluding carboxylic acids is 2. The summed E-state index contributed by atoms with van der Waals surface area (Å²) in [6.45, 7) is 7.00. The molecule has 12 heteroatoms. The molecule has 2 amide bonds. The summed E-state index contributed by atoms with van der Waals surface area (Å²) in [6, 6.07) is 14.4. The lowest BCUT2D eigenvalue weighted by Crippen LogP contribution is -2.51. The number of sulfonamides is 1. The van der Waals surface area contributed by atoms with E-state index in [1.54, 1.807) is 31.2 Å². The van der Waals surface area contributed by atoms with Gasteiger partial charge in [-0.25, -0.2) is 8.42 Å². The average molecular weight is 659 g/mol. The van der Waals surface area contributed by atoms with E-state index in [4.69, 9.17) is 46.4 Å². The monoisotopic (exact) mass is 657 g/mol. The van der Waals surface area contributed by atoms with Gasteiger partial charge in [0.2, 0.25) is 11.8 Å². The van der Waals surface area contributed by atoms with E-state index < -0.39 is 34.4 Å². The van der Waals surface area contributed by atoms with E-state index in [0.717, 1.165) is 9.87 Å². The fourth-order valence-corrected chi connectivity index (χ4v) is 6.30. The van der Waals surface area contributed by atoms with Gasteiger partial charge in [-0.2, -0.15) is 0 Å². The topological polar surface area (TPSA) is 86.8 Å². The highest BCUT2D eigenvalue weighted by molar-refractivity contribution is 7.92. The van der Waals surface area contributed by atoms with E-state index in [2.05, 4.69) is 5.32 Å². The molecule has 0 aliphatic heterocycles. The van der Waals surface area contributed by atoms with Gasteiger partial charge in [-0.3, -0.25) is 13.9 Å². The second kappa shape index (κ2) is 14.1. The van der Waals surface area contributed by atoms with Gasteiger partial charge >= 0.3 is 0 Å². The fraction of sp³-hybridized carbons (Fsp3) is 0.310. The van der Waals surface area contributed by atoms with E-state index in [9.17, 15) is 18.0 Å². The minimum absolute atomic E-state index is 0.0259. The van der Waals surface area contributed by atoms with Gasteiger partial charge in [0.05, 0.1) is 10.6 Å². The highest BCUT2D eigenvalue weighted by Gasteiger charge is 2.33. The predicted octanol–water partition coefficient (Wildman–Crippen LogP) is 6.99. The first kappa shape index (κ1) is 33.0. The van der Waals surface area contributed by atoms with Crippen LogP contribution < -0.4 is 9.62 Å². The summed E-state index contributed by atoms with van der Waals surface area (Å²) in [7, 11) is -4.26. The van der Waals surface area contributed by atoms with Gasteiger partial charge < -0.3 is 10.2 Å².